The molecule has 2 aromatic rings. The van der Waals surface area contributed by atoms with E-state index in [2.05, 4.69) is 0 Å². The van der Waals surface area contributed by atoms with Gasteiger partial charge in [0.25, 0.3) is 5.91 Å². The van der Waals surface area contributed by atoms with Gasteiger partial charge in [-0.1, -0.05) is 24.3 Å². The van der Waals surface area contributed by atoms with Crippen LogP contribution in [0.3, 0.4) is 0 Å². The van der Waals surface area contributed by atoms with Crippen LogP contribution in [0.25, 0.3) is 6.08 Å². The van der Waals surface area contributed by atoms with Crippen molar-refractivity contribution in [2.75, 3.05) is 18.6 Å². The summed E-state index contributed by atoms with van der Waals surface area (Å²) in [6.45, 7) is 7.79. The molecule has 0 aromatic heterocycles. The molecule has 0 unspecified atom stereocenters. The third-order valence-corrected chi connectivity index (χ3v) is 4.25. The Balaban J connectivity index is 2.02. The number of esters is 1. The smallest absolute Gasteiger partial charge is 0.331 e. The molecule has 6 nitrogen and oxygen atoms in total. The fourth-order valence-corrected chi connectivity index (χ4v) is 2.86. The first-order valence-corrected chi connectivity index (χ1v) is 9.95. The second-order valence-corrected chi connectivity index (χ2v) is 6.91. The van der Waals surface area contributed by atoms with Gasteiger partial charge in [-0.25, -0.2) is 4.79 Å². The zero-order chi connectivity index (χ0) is 22.1. The minimum atomic E-state index is -0.904. The number of likely N-dealkylation sites (N-methyl/N-ethyl adjacent to an activating group) is 1. The molecule has 0 aliphatic carbocycles. The molecule has 0 radical (unpaired) electrons. The molecule has 2 aromatic carbocycles. The van der Waals surface area contributed by atoms with Crippen molar-refractivity contribution < 1.29 is 23.8 Å². The summed E-state index contributed by atoms with van der Waals surface area (Å²) in [4.78, 5) is 26.5. The van der Waals surface area contributed by atoms with Crippen molar-refractivity contribution in [3.63, 3.8) is 0 Å². The number of amides is 1. The second-order valence-electron chi connectivity index (χ2n) is 6.91. The van der Waals surface area contributed by atoms with Crippen LogP contribution >= 0.6 is 0 Å². The Hall–Kier alpha value is -3.28. The molecule has 0 fully saturated rings. The lowest BCUT2D eigenvalue weighted by Crippen LogP contribution is -2.39. The lowest BCUT2D eigenvalue weighted by molar-refractivity contribution is -0.149. The number of nitrogens with zero attached hydrogens (tertiary/aromatic N) is 1. The summed E-state index contributed by atoms with van der Waals surface area (Å²) in [5.41, 5.74) is 1.51. The summed E-state index contributed by atoms with van der Waals surface area (Å²) in [5, 5.41) is 0. The van der Waals surface area contributed by atoms with Crippen LogP contribution in [-0.4, -0.2) is 37.7 Å². The van der Waals surface area contributed by atoms with Crippen molar-refractivity contribution in [3.8, 4) is 11.5 Å². The largest absolute Gasteiger partial charge is 0.493 e. The minimum Gasteiger partial charge on any atom is -0.493 e. The second kappa shape index (κ2) is 11.0. The molecule has 0 heterocycles. The fraction of sp³-hybridized carbons (Fsp3) is 0.333. The lowest BCUT2D eigenvalue weighted by Gasteiger charge is -2.24. The third-order valence-electron chi connectivity index (χ3n) is 4.25. The van der Waals surface area contributed by atoms with E-state index < -0.39 is 12.1 Å². The summed E-state index contributed by atoms with van der Waals surface area (Å²) in [6, 6.07) is 14.7. The predicted octanol–water partition coefficient (Wildman–Crippen LogP) is 4.48. The molecule has 0 bridgehead atoms. The Morgan fingerprint density at radius 2 is 1.73 bits per heavy atom. The molecule has 6 heteroatoms. The van der Waals surface area contributed by atoms with Crippen LogP contribution in [0.15, 0.2) is 54.6 Å². The van der Waals surface area contributed by atoms with Crippen molar-refractivity contribution in [1.82, 2.24) is 0 Å². The standard InChI is InChI=1S/C24H29NO5/c1-6-25(20-10-8-7-9-11-20)24(27)18(4)30-23(26)15-13-19-12-14-21(29-17(2)3)22(16-19)28-5/h7-18H,6H2,1-5H3/b15-13+/t18-/m0/s1. The number of hydrogen-bond acceptors (Lipinski definition) is 5. The van der Waals surface area contributed by atoms with Gasteiger partial charge in [0.2, 0.25) is 0 Å². The van der Waals surface area contributed by atoms with Crippen LogP contribution < -0.4 is 14.4 Å². The number of benzene rings is 2. The molecular formula is C24H29NO5. The van der Waals surface area contributed by atoms with Crippen molar-refractivity contribution in [2.24, 2.45) is 0 Å². The van der Waals surface area contributed by atoms with E-state index in [4.69, 9.17) is 14.2 Å². The van der Waals surface area contributed by atoms with E-state index in [9.17, 15) is 9.59 Å². The molecule has 0 aliphatic heterocycles. The maximum Gasteiger partial charge on any atom is 0.331 e. The van der Waals surface area contributed by atoms with Gasteiger partial charge in [0.05, 0.1) is 13.2 Å². The summed E-state index contributed by atoms with van der Waals surface area (Å²) < 4.78 is 16.3. The number of rotatable bonds is 9. The van der Waals surface area contributed by atoms with Crippen molar-refractivity contribution in [2.45, 2.75) is 39.9 Å². The zero-order valence-corrected chi connectivity index (χ0v) is 18.1. The minimum absolute atomic E-state index is 0.0212. The maximum absolute atomic E-state index is 12.7. The van der Waals surface area contributed by atoms with E-state index in [1.54, 1.807) is 37.1 Å². The highest BCUT2D eigenvalue weighted by molar-refractivity contribution is 5.98. The van der Waals surface area contributed by atoms with E-state index in [-0.39, 0.29) is 12.0 Å². The summed E-state index contributed by atoms with van der Waals surface area (Å²) in [5.74, 6) is 0.333. The average molecular weight is 411 g/mol. The van der Waals surface area contributed by atoms with Gasteiger partial charge in [0.1, 0.15) is 0 Å². The first-order chi connectivity index (χ1) is 14.3. The van der Waals surface area contributed by atoms with Crippen molar-refractivity contribution in [3.05, 3.63) is 60.2 Å². The average Bonchev–Trinajstić information content (AvgIpc) is 2.73. The van der Waals surface area contributed by atoms with Gasteiger partial charge in [-0.15, -0.1) is 0 Å². The molecule has 2 rings (SSSR count). The first-order valence-electron chi connectivity index (χ1n) is 9.95. The highest BCUT2D eigenvalue weighted by atomic mass is 16.5. The zero-order valence-electron chi connectivity index (χ0n) is 18.1. The van der Waals surface area contributed by atoms with Gasteiger partial charge in [-0.05, 0) is 63.6 Å². The van der Waals surface area contributed by atoms with E-state index in [1.165, 1.54) is 6.08 Å². The van der Waals surface area contributed by atoms with Crippen LogP contribution in [0.5, 0.6) is 11.5 Å². The normalized spacial score (nSPS) is 11.9. The van der Waals surface area contributed by atoms with Crippen LogP contribution in [0.4, 0.5) is 5.69 Å². The molecule has 0 N–H and O–H groups in total. The molecule has 0 saturated heterocycles. The SMILES string of the molecule is CCN(C(=O)[C@H](C)OC(=O)/C=C/c1ccc(OC(C)C)c(OC)c1)c1ccccc1. The van der Waals surface area contributed by atoms with Crippen LogP contribution in [0.2, 0.25) is 0 Å². The van der Waals surface area contributed by atoms with E-state index in [1.807, 2.05) is 57.2 Å². The van der Waals surface area contributed by atoms with Crippen LogP contribution in [-0.2, 0) is 14.3 Å². The predicted molar refractivity (Wildman–Crippen MR) is 118 cm³/mol. The summed E-state index contributed by atoms with van der Waals surface area (Å²) in [7, 11) is 1.56. The van der Waals surface area contributed by atoms with Crippen LogP contribution in [0.1, 0.15) is 33.3 Å². The van der Waals surface area contributed by atoms with Gasteiger partial charge >= 0.3 is 5.97 Å². The van der Waals surface area contributed by atoms with Gasteiger partial charge < -0.3 is 19.1 Å². The Bertz CT molecular complexity index is 876. The molecule has 0 aliphatic rings. The molecule has 0 saturated carbocycles. The van der Waals surface area contributed by atoms with Crippen molar-refractivity contribution >= 4 is 23.6 Å². The summed E-state index contributed by atoms with van der Waals surface area (Å²) >= 11 is 0. The molecule has 0 spiro atoms. The number of ether oxygens (including phenoxy) is 3. The Morgan fingerprint density at radius 1 is 1.03 bits per heavy atom. The number of para-hydroxylation sites is 1. The van der Waals surface area contributed by atoms with Gasteiger partial charge in [0, 0.05) is 18.3 Å². The Morgan fingerprint density at radius 3 is 2.33 bits per heavy atom. The number of anilines is 1. The van der Waals surface area contributed by atoms with Gasteiger partial charge in [-0.2, -0.15) is 0 Å². The van der Waals surface area contributed by atoms with Crippen molar-refractivity contribution in [1.29, 1.82) is 0 Å². The maximum atomic E-state index is 12.7. The van der Waals surface area contributed by atoms with E-state index >= 15 is 0 Å². The topological polar surface area (TPSA) is 65.1 Å². The lowest BCUT2D eigenvalue weighted by atomic mass is 10.2. The number of carbonyl (C=O) groups is 2. The number of methoxy groups -OCH3 is 1. The molecule has 30 heavy (non-hydrogen) atoms. The highest BCUT2D eigenvalue weighted by Gasteiger charge is 2.23. The Kier molecular flexibility index (Phi) is 8.47. The molecule has 160 valence electrons. The van der Waals surface area contributed by atoms with E-state index in [0.29, 0.717) is 18.0 Å². The van der Waals surface area contributed by atoms with Gasteiger partial charge in [-0.3, -0.25) is 4.79 Å². The highest BCUT2D eigenvalue weighted by Crippen LogP contribution is 2.29. The van der Waals surface area contributed by atoms with Crippen LogP contribution in [0, 0.1) is 0 Å². The van der Waals surface area contributed by atoms with E-state index in [0.717, 1.165) is 11.3 Å². The monoisotopic (exact) mass is 411 g/mol. The number of carbonyl (C=O) groups excluding carboxylic acids is 2. The quantitative estimate of drug-likeness (QED) is 0.450. The molecule has 1 amide bonds. The Labute approximate surface area is 178 Å². The first kappa shape index (κ1) is 23.0. The molecule has 1 atom stereocenters. The third kappa shape index (κ3) is 6.37. The molecular weight excluding hydrogens is 382 g/mol. The number of hydrogen-bond donors (Lipinski definition) is 0. The fourth-order valence-electron chi connectivity index (χ4n) is 2.86. The van der Waals surface area contributed by atoms with Gasteiger partial charge in [0.15, 0.2) is 17.6 Å². The summed E-state index contributed by atoms with van der Waals surface area (Å²) in [6.07, 6.45) is 2.02.